The molecule has 29 heavy (non-hydrogen) atoms. The van der Waals surface area contributed by atoms with Gasteiger partial charge in [-0.05, 0) is 32.3 Å². The number of piperidine rings is 1. The van der Waals surface area contributed by atoms with Crippen molar-refractivity contribution in [3.63, 3.8) is 0 Å². The summed E-state index contributed by atoms with van der Waals surface area (Å²) < 4.78 is 5.44. The minimum atomic E-state index is -0.418. The van der Waals surface area contributed by atoms with Gasteiger partial charge in [-0.2, -0.15) is 5.26 Å². The average molecular weight is 397 g/mol. The van der Waals surface area contributed by atoms with Crippen molar-refractivity contribution in [1.29, 1.82) is 5.26 Å². The molecule has 2 atom stereocenters. The van der Waals surface area contributed by atoms with Gasteiger partial charge in [0.2, 0.25) is 5.91 Å². The molecule has 0 spiro atoms. The molecule has 1 aliphatic heterocycles. The van der Waals surface area contributed by atoms with E-state index in [9.17, 15) is 9.59 Å². The van der Waals surface area contributed by atoms with Crippen molar-refractivity contribution in [2.24, 2.45) is 5.92 Å². The highest BCUT2D eigenvalue weighted by atomic mass is 16.5. The van der Waals surface area contributed by atoms with E-state index >= 15 is 0 Å². The van der Waals surface area contributed by atoms with Gasteiger partial charge in [-0.25, -0.2) is 9.78 Å². The molecule has 154 valence electrons. The largest absolute Gasteiger partial charge is 0.459 e. The lowest BCUT2D eigenvalue weighted by Crippen LogP contribution is -2.52. The van der Waals surface area contributed by atoms with Crippen LogP contribution < -0.4 is 4.90 Å². The summed E-state index contributed by atoms with van der Waals surface area (Å²) >= 11 is 0. The summed E-state index contributed by atoms with van der Waals surface area (Å²) in [5.41, 5.74) is 1.84. The van der Waals surface area contributed by atoms with E-state index in [-0.39, 0.29) is 24.5 Å². The molecule has 2 aromatic rings. The first kappa shape index (κ1) is 20.6. The van der Waals surface area contributed by atoms with E-state index < -0.39 is 5.97 Å². The third kappa shape index (κ3) is 4.19. The summed E-state index contributed by atoms with van der Waals surface area (Å²) in [5, 5.41) is 9.70. The van der Waals surface area contributed by atoms with E-state index in [1.54, 1.807) is 17.3 Å². The first-order chi connectivity index (χ1) is 13.8. The Morgan fingerprint density at radius 3 is 2.93 bits per heavy atom. The fourth-order valence-corrected chi connectivity index (χ4v) is 3.93. The van der Waals surface area contributed by atoms with Crippen LogP contribution >= 0.6 is 0 Å². The number of ether oxygens (including phenoxy) is 1. The minimum absolute atomic E-state index is 0.00232. The number of pyridine rings is 1. The number of aromatic amines is 1. The lowest BCUT2D eigenvalue weighted by Gasteiger charge is -2.43. The second kappa shape index (κ2) is 8.52. The van der Waals surface area contributed by atoms with Gasteiger partial charge in [0.1, 0.15) is 17.6 Å². The van der Waals surface area contributed by atoms with Crippen molar-refractivity contribution in [2.75, 3.05) is 25.0 Å². The fourth-order valence-electron chi connectivity index (χ4n) is 3.93. The Bertz CT molecular complexity index is 945. The van der Waals surface area contributed by atoms with Crippen molar-refractivity contribution in [2.45, 2.75) is 45.8 Å². The van der Waals surface area contributed by atoms with Crippen LogP contribution in [0.3, 0.4) is 0 Å². The molecule has 0 aliphatic carbocycles. The van der Waals surface area contributed by atoms with Crippen molar-refractivity contribution in [3.8, 4) is 6.07 Å². The molecule has 2 aromatic heterocycles. The van der Waals surface area contributed by atoms with Gasteiger partial charge in [-0.1, -0.05) is 6.92 Å². The number of rotatable bonds is 5. The third-order valence-electron chi connectivity index (χ3n) is 5.47. The van der Waals surface area contributed by atoms with Crippen LogP contribution in [0.25, 0.3) is 11.0 Å². The second-order valence-corrected chi connectivity index (χ2v) is 7.83. The predicted molar refractivity (Wildman–Crippen MR) is 109 cm³/mol. The molecule has 3 heterocycles. The average Bonchev–Trinajstić information content (AvgIpc) is 3.15. The number of nitrogens with zero attached hydrogens (tertiary/aromatic N) is 4. The molecule has 3 rings (SSSR count). The maximum absolute atomic E-state index is 12.8. The first-order valence-electron chi connectivity index (χ1n) is 9.88. The van der Waals surface area contributed by atoms with Crippen LogP contribution in [0.2, 0.25) is 0 Å². The van der Waals surface area contributed by atoms with Crippen LogP contribution in [-0.4, -0.2) is 59.0 Å². The third-order valence-corrected chi connectivity index (χ3v) is 5.47. The van der Waals surface area contributed by atoms with Gasteiger partial charge in [0.25, 0.3) is 0 Å². The number of H-pyrrole nitrogens is 1. The summed E-state index contributed by atoms with van der Waals surface area (Å²) in [7, 11) is 1.94. The number of likely N-dealkylation sites (N-methyl/N-ethyl adjacent to an activating group) is 1. The number of esters is 1. The molecule has 8 heteroatoms. The van der Waals surface area contributed by atoms with Crippen LogP contribution in [-0.2, 0) is 9.53 Å². The number of aromatic nitrogens is 2. The zero-order valence-electron chi connectivity index (χ0n) is 17.3. The number of nitriles is 1. The molecule has 0 bridgehead atoms. The summed E-state index contributed by atoms with van der Waals surface area (Å²) in [4.78, 5) is 36.3. The van der Waals surface area contributed by atoms with Gasteiger partial charge in [0.05, 0.1) is 17.9 Å². The van der Waals surface area contributed by atoms with E-state index in [4.69, 9.17) is 10.00 Å². The number of amides is 1. The topological polar surface area (TPSA) is 102 Å². The Morgan fingerprint density at radius 2 is 2.24 bits per heavy atom. The monoisotopic (exact) mass is 397 g/mol. The maximum Gasteiger partial charge on any atom is 0.342 e. The molecule has 1 saturated heterocycles. The summed E-state index contributed by atoms with van der Waals surface area (Å²) in [6.07, 6.45) is 3.81. The number of anilines is 1. The normalized spacial score (nSPS) is 19.2. The number of nitrogens with one attached hydrogen (secondary N) is 1. The zero-order chi connectivity index (χ0) is 21.1. The SMILES string of the molecule is CC(C)OC(=O)c1cnc2[nH]ccc2c1N(C)C1CN(C(=O)CC#N)CCC1C. The molecule has 8 nitrogen and oxygen atoms in total. The van der Waals surface area contributed by atoms with Crippen molar-refractivity contribution in [1.82, 2.24) is 14.9 Å². The predicted octanol–water partition coefficient (Wildman–Crippen LogP) is 2.71. The van der Waals surface area contributed by atoms with E-state index in [0.29, 0.717) is 30.2 Å². The summed E-state index contributed by atoms with van der Waals surface area (Å²) in [5.74, 6) is -0.264. The van der Waals surface area contributed by atoms with Crippen LogP contribution in [0, 0.1) is 17.2 Å². The highest BCUT2D eigenvalue weighted by Gasteiger charge is 2.34. The lowest BCUT2D eigenvalue weighted by atomic mass is 9.91. The molecule has 2 unspecified atom stereocenters. The van der Waals surface area contributed by atoms with E-state index in [0.717, 1.165) is 17.5 Å². The molecular formula is C21H27N5O3. The van der Waals surface area contributed by atoms with Gasteiger partial charge in [-0.3, -0.25) is 4.79 Å². The number of hydrogen-bond acceptors (Lipinski definition) is 6. The second-order valence-electron chi connectivity index (χ2n) is 7.83. The van der Waals surface area contributed by atoms with Crippen LogP contribution in [0.15, 0.2) is 18.5 Å². The Hall–Kier alpha value is -3.08. The van der Waals surface area contributed by atoms with Gasteiger partial charge < -0.3 is 19.5 Å². The van der Waals surface area contributed by atoms with Crippen LogP contribution in [0.1, 0.15) is 44.0 Å². The standard InChI is InChI=1S/C21H27N5O3/c1-13(2)29-21(28)16-11-24-20-15(6-9-23-20)19(16)25(4)17-12-26(10-7-14(17)3)18(27)5-8-22/h6,9,11,13-14,17H,5,7,10,12H2,1-4H3,(H,23,24). The molecule has 1 fully saturated rings. The highest BCUT2D eigenvalue weighted by molar-refractivity contribution is 6.04. The van der Waals surface area contributed by atoms with Gasteiger partial charge in [-0.15, -0.1) is 0 Å². The molecule has 1 amide bonds. The number of carbonyl (C=O) groups excluding carboxylic acids is 2. The Morgan fingerprint density at radius 1 is 1.48 bits per heavy atom. The molecule has 1 aliphatic rings. The number of carbonyl (C=O) groups is 2. The Balaban J connectivity index is 1.99. The lowest BCUT2D eigenvalue weighted by molar-refractivity contribution is -0.131. The van der Waals surface area contributed by atoms with Crippen LogP contribution in [0.4, 0.5) is 5.69 Å². The van der Waals surface area contributed by atoms with Crippen LogP contribution in [0.5, 0.6) is 0 Å². The molecule has 0 radical (unpaired) electrons. The Labute approximate surface area is 170 Å². The summed E-state index contributed by atoms with van der Waals surface area (Å²) in [6.45, 7) is 6.92. The Kier molecular flexibility index (Phi) is 6.06. The number of likely N-dealkylation sites (tertiary alicyclic amines) is 1. The first-order valence-corrected chi connectivity index (χ1v) is 9.88. The smallest absolute Gasteiger partial charge is 0.342 e. The van der Waals surface area contributed by atoms with Crippen molar-refractivity contribution < 1.29 is 14.3 Å². The summed E-state index contributed by atoms with van der Waals surface area (Å²) in [6, 6.07) is 3.83. The molecule has 0 aromatic carbocycles. The number of hydrogen-bond donors (Lipinski definition) is 1. The van der Waals surface area contributed by atoms with Gasteiger partial charge >= 0.3 is 5.97 Å². The van der Waals surface area contributed by atoms with Gasteiger partial charge in [0.15, 0.2) is 0 Å². The van der Waals surface area contributed by atoms with E-state index in [1.807, 2.05) is 33.0 Å². The molecule has 0 saturated carbocycles. The van der Waals surface area contributed by atoms with Gasteiger partial charge in [0, 0.05) is 44.0 Å². The fraction of sp³-hybridized carbons (Fsp3) is 0.524. The van der Waals surface area contributed by atoms with E-state index in [1.165, 1.54) is 0 Å². The zero-order valence-corrected chi connectivity index (χ0v) is 17.3. The molecular weight excluding hydrogens is 370 g/mol. The van der Waals surface area contributed by atoms with Crippen molar-refractivity contribution >= 4 is 28.6 Å². The maximum atomic E-state index is 12.8. The quantitative estimate of drug-likeness (QED) is 0.778. The van der Waals surface area contributed by atoms with Crippen molar-refractivity contribution in [3.05, 3.63) is 24.0 Å². The number of fused-ring (bicyclic) bond motifs is 1. The molecule has 1 N–H and O–H groups in total. The van der Waals surface area contributed by atoms with E-state index in [2.05, 4.69) is 21.8 Å². The highest BCUT2D eigenvalue weighted by Crippen LogP contribution is 2.34. The minimum Gasteiger partial charge on any atom is -0.459 e.